The zero-order chi connectivity index (χ0) is 12.2. The molecule has 5 heteroatoms. The van der Waals surface area contributed by atoms with Crippen LogP contribution in [0.3, 0.4) is 0 Å². The lowest BCUT2D eigenvalue weighted by atomic mass is 9.79. The van der Waals surface area contributed by atoms with E-state index in [4.69, 9.17) is 5.73 Å². The van der Waals surface area contributed by atoms with Crippen molar-refractivity contribution in [2.24, 2.45) is 11.1 Å². The number of likely N-dealkylation sites (tertiary alicyclic amines) is 1. The van der Waals surface area contributed by atoms with Gasteiger partial charge in [0.1, 0.15) is 0 Å². The average molecular weight is 297 g/mol. The summed E-state index contributed by atoms with van der Waals surface area (Å²) in [5.74, 6) is 0.266. The van der Waals surface area contributed by atoms with Crippen LogP contribution in [0.25, 0.3) is 0 Å². The molecule has 0 aromatic heterocycles. The molecule has 0 spiro atoms. The van der Waals surface area contributed by atoms with Gasteiger partial charge in [-0.15, -0.1) is 31.4 Å². The fourth-order valence-electron chi connectivity index (χ4n) is 2.14. The molecule has 1 amide bonds. The molecule has 0 aromatic carbocycles. The van der Waals surface area contributed by atoms with E-state index in [1.807, 2.05) is 11.0 Å². The number of hydrogen-bond donors (Lipinski definition) is 1. The highest BCUT2D eigenvalue weighted by Gasteiger charge is 2.34. The van der Waals surface area contributed by atoms with Gasteiger partial charge >= 0.3 is 0 Å². The van der Waals surface area contributed by atoms with Crippen molar-refractivity contribution >= 4 is 30.7 Å². The molecule has 1 aliphatic rings. The number of amides is 1. The number of allylic oxidation sites excluding steroid dienone is 1. The average Bonchev–Trinajstić information content (AvgIpc) is 2.22. The second kappa shape index (κ2) is 8.78. The molecule has 1 saturated heterocycles. The fraction of sp³-hybridized carbons (Fsp3) is 0.769. The Morgan fingerprint density at radius 3 is 2.61 bits per heavy atom. The summed E-state index contributed by atoms with van der Waals surface area (Å²) in [5.41, 5.74) is 6.09. The van der Waals surface area contributed by atoms with Gasteiger partial charge in [-0.25, -0.2) is 0 Å². The van der Waals surface area contributed by atoms with Gasteiger partial charge in [0.2, 0.25) is 5.91 Å². The molecule has 3 nitrogen and oxygen atoms in total. The van der Waals surface area contributed by atoms with E-state index in [2.05, 4.69) is 20.4 Å². The van der Waals surface area contributed by atoms with Crippen LogP contribution in [-0.2, 0) is 4.79 Å². The number of nitrogens with two attached hydrogens (primary N) is 1. The minimum atomic E-state index is 0. The number of carbonyl (C=O) groups is 1. The van der Waals surface area contributed by atoms with E-state index in [1.165, 1.54) is 0 Å². The Bertz CT molecular complexity index is 270. The van der Waals surface area contributed by atoms with Crippen LogP contribution in [0.5, 0.6) is 0 Å². The van der Waals surface area contributed by atoms with E-state index in [0.29, 0.717) is 6.42 Å². The molecule has 18 heavy (non-hydrogen) atoms. The Balaban J connectivity index is 0. The normalized spacial score (nSPS) is 21.5. The maximum Gasteiger partial charge on any atom is 0.222 e. The van der Waals surface area contributed by atoms with Crippen LogP contribution in [0, 0.1) is 5.41 Å². The van der Waals surface area contributed by atoms with Gasteiger partial charge < -0.3 is 10.6 Å². The van der Waals surface area contributed by atoms with E-state index < -0.39 is 0 Å². The SMILES string of the molecule is C=CCCCC(=O)N1CCC(N)C(C)(C)C1.Cl.Cl. The topological polar surface area (TPSA) is 46.3 Å². The van der Waals surface area contributed by atoms with Crippen LogP contribution in [0.2, 0.25) is 0 Å². The van der Waals surface area contributed by atoms with Crippen LogP contribution in [0.15, 0.2) is 12.7 Å². The van der Waals surface area contributed by atoms with Crippen molar-refractivity contribution in [2.75, 3.05) is 13.1 Å². The van der Waals surface area contributed by atoms with Gasteiger partial charge in [-0.05, 0) is 24.7 Å². The molecule has 1 heterocycles. The Morgan fingerprint density at radius 2 is 2.11 bits per heavy atom. The lowest BCUT2D eigenvalue weighted by Gasteiger charge is -2.42. The number of nitrogens with zero attached hydrogens (tertiary/aromatic N) is 1. The first-order chi connectivity index (χ1) is 7.47. The zero-order valence-electron chi connectivity index (χ0n) is 11.4. The van der Waals surface area contributed by atoms with Gasteiger partial charge in [-0.3, -0.25) is 4.79 Å². The number of piperidine rings is 1. The second-order valence-corrected chi connectivity index (χ2v) is 5.38. The van der Waals surface area contributed by atoms with Crippen molar-refractivity contribution in [3.63, 3.8) is 0 Å². The van der Waals surface area contributed by atoms with E-state index in [-0.39, 0.29) is 42.2 Å². The third-order valence-electron chi connectivity index (χ3n) is 3.46. The van der Waals surface area contributed by atoms with Gasteiger partial charge in [0.05, 0.1) is 0 Å². The van der Waals surface area contributed by atoms with Crippen molar-refractivity contribution < 1.29 is 4.79 Å². The molecule has 0 aliphatic carbocycles. The van der Waals surface area contributed by atoms with Gasteiger partial charge in [-0.1, -0.05) is 19.9 Å². The van der Waals surface area contributed by atoms with E-state index in [1.54, 1.807) is 0 Å². The summed E-state index contributed by atoms with van der Waals surface area (Å²) in [6.45, 7) is 9.55. The first kappa shape index (κ1) is 20.1. The fourth-order valence-corrected chi connectivity index (χ4v) is 2.14. The van der Waals surface area contributed by atoms with Crippen molar-refractivity contribution in [2.45, 2.75) is 45.6 Å². The molecule has 108 valence electrons. The van der Waals surface area contributed by atoms with Crippen molar-refractivity contribution in [3.8, 4) is 0 Å². The summed E-state index contributed by atoms with van der Waals surface area (Å²) in [6, 6.07) is 0.213. The smallest absolute Gasteiger partial charge is 0.222 e. The van der Waals surface area contributed by atoms with Gasteiger partial charge in [0, 0.05) is 25.6 Å². The van der Waals surface area contributed by atoms with Gasteiger partial charge in [0.25, 0.3) is 0 Å². The summed E-state index contributed by atoms with van der Waals surface area (Å²) in [7, 11) is 0. The largest absolute Gasteiger partial charge is 0.342 e. The Labute approximate surface area is 123 Å². The summed E-state index contributed by atoms with van der Waals surface area (Å²) < 4.78 is 0. The Morgan fingerprint density at radius 1 is 1.50 bits per heavy atom. The number of unbranched alkanes of at least 4 members (excludes halogenated alkanes) is 1. The standard InChI is InChI=1S/C13H24N2O.2ClH/c1-4-5-6-7-12(16)15-9-8-11(14)13(2,3)10-15;;/h4,11H,1,5-10,14H2,2-3H3;2*1H. The molecular weight excluding hydrogens is 271 g/mol. The van der Waals surface area contributed by atoms with Crippen LogP contribution in [0.1, 0.15) is 39.5 Å². The molecular formula is C13H26Cl2N2O. The van der Waals surface area contributed by atoms with Crippen molar-refractivity contribution in [1.82, 2.24) is 4.90 Å². The lowest BCUT2D eigenvalue weighted by molar-refractivity contribution is -0.134. The van der Waals surface area contributed by atoms with E-state index >= 15 is 0 Å². The van der Waals surface area contributed by atoms with Crippen molar-refractivity contribution in [3.05, 3.63) is 12.7 Å². The molecule has 1 unspecified atom stereocenters. The van der Waals surface area contributed by atoms with Crippen LogP contribution >= 0.6 is 24.8 Å². The molecule has 0 bridgehead atoms. The lowest BCUT2D eigenvalue weighted by Crippen LogP contribution is -2.53. The molecule has 0 aromatic rings. The summed E-state index contributed by atoms with van der Waals surface area (Å²) in [6.07, 6.45) is 5.24. The second-order valence-electron chi connectivity index (χ2n) is 5.38. The molecule has 0 saturated carbocycles. The highest BCUT2D eigenvalue weighted by molar-refractivity contribution is 5.85. The van der Waals surface area contributed by atoms with E-state index in [0.717, 1.165) is 32.4 Å². The minimum Gasteiger partial charge on any atom is -0.342 e. The molecule has 0 radical (unpaired) electrons. The summed E-state index contributed by atoms with van der Waals surface area (Å²) in [4.78, 5) is 13.9. The zero-order valence-corrected chi connectivity index (χ0v) is 13.0. The van der Waals surface area contributed by atoms with Crippen molar-refractivity contribution in [1.29, 1.82) is 0 Å². The number of hydrogen-bond acceptors (Lipinski definition) is 2. The molecule has 1 atom stereocenters. The molecule has 1 aliphatic heterocycles. The highest BCUT2D eigenvalue weighted by Crippen LogP contribution is 2.28. The predicted octanol–water partition coefficient (Wildman–Crippen LogP) is 2.77. The first-order valence-electron chi connectivity index (χ1n) is 6.11. The Kier molecular flexibility index (Phi) is 9.80. The number of rotatable bonds is 4. The quantitative estimate of drug-likeness (QED) is 0.640. The van der Waals surface area contributed by atoms with Gasteiger partial charge in [0.15, 0.2) is 0 Å². The molecule has 1 rings (SSSR count). The minimum absolute atomic E-state index is 0. The third-order valence-corrected chi connectivity index (χ3v) is 3.46. The van der Waals surface area contributed by atoms with Crippen LogP contribution < -0.4 is 5.73 Å². The highest BCUT2D eigenvalue weighted by atomic mass is 35.5. The number of carbonyl (C=O) groups excluding carboxylic acids is 1. The maximum atomic E-state index is 11.9. The third kappa shape index (κ3) is 5.59. The summed E-state index contributed by atoms with van der Waals surface area (Å²) in [5, 5.41) is 0. The monoisotopic (exact) mass is 296 g/mol. The molecule has 1 fully saturated rings. The van der Waals surface area contributed by atoms with Crippen LogP contribution in [-0.4, -0.2) is 29.9 Å². The van der Waals surface area contributed by atoms with E-state index in [9.17, 15) is 4.79 Å². The first-order valence-corrected chi connectivity index (χ1v) is 6.11. The van der Waals surface area contributed by atoms with Crippen LogP contribution in [0.4, 0.5) is 0 Å². The number of halogens is 2. The van der Waals surface area contributed by atoms with Gasteiger partial charge in [-0.2, -0.15) is 0 Å². The molecule has 2 N–H and O–H groups in total. The Hall–Kier alpha value is -0.250. The summed E-state index contributed by atoms with van der Waals surface area (Å²) >= 11 is 0. The maximum absolute atomic E-state index is 11.9. The predicted molar refractivity (Wildman–Crippen MR) is 81.5 cm³/mol.